The zero-order valence-corrected chi connectivity index (χ0v) is 8.03. The van der Waals surface area contributed by atoms with Gasteiger partial charge in [0.2, 0.25) is 0 Å². The van der Waals surface area contributed by atoms with Gasteiger partial charge < -0.3 is 10.1 Å². The topological polar surface area (TPSA) is 21.3 Å². The molecule has 0 bridgehead atoms. The summed E-state index contributed by atoms with van der Waals surface area (Å²) in [6.45, 7) is 2.65. The molecule has 0 spiro atoms. The van der Waals surface area contributed by atoms with E-state index in [1.165, 1.54) is 0 Å². The molecule has 1 heterocycles. The average molecular weight is 209 g/mol. The van der Waals surface area contributed by atoms with Crippen molar-refractivity contribution in [2.75, 3.05) is 19.7 Å². The van der Waals surface area contributed by atoms with Crippen LogP contribution in [-0.4, -0.2) is 32.0 Å². The first kappa shape index (κ1) is 11.5. The highest BCUT2D eigenvalue weighted by molar-refractivity contribution is 5.07. The molecule has 5 heteroatoms. The largest absolute Gasteiger partial charge is 0.414 e. The standard InChI is InChI=1S/C9H14F3NO/c1-7(9(10,11)12)14-6-8-2-4-13-5-3-8/h2,7,13H,3-6H2,1H3. The van der Waals surface area contributed by atoms with Crippen molar-refractivity contribution in [3.8, 4) is 0 Å². The van der Waals surface area contributed by atoms with Crippen molar-refractivity contribution >= 4 is 0 Å². The minimum Gasteiger partial charge on any atom is -0.365 e. The Labute approximate surface area is 81.1 Å². The smallest absolute Gasteiger partial charge is 0.365 e. The summed E-state index contributed by atoms with van der Waals surface area (Å²) in [5, 5.41) is 3.08. The molecule has 1 aliphatic heterocycles. The van der Waals surface area contributed by atoms with Gasteiger partial charge in [-0.05, 0) is 25.5 Å². The van der Waals surface area contributed by atoms with Crippen LogP contribution in [0.2, 0.25) is 0 Å². The maximum absolute atomic E-state index is 12.0. The van der Waals surface area contributed by atoms with Gasteiger partial charge in [0, 0.05) is 6.54 Å². The summed E-state index contributed by atoms with van der Waals surface area (Å²) in [5.41, 5.74) is 0.944. The summed E-state index contributed by atoms with van der Waals surface area (Å²) < 4.78 is 40.9. The molecule has 1 aliphatic rings. The number of alkyl halides is 3. The van der Waals surface area contributed by atoms with Gasteiger partial charge in [-0.2, -0.15) is 13.2 Å². The van der Waals surface area contributed by atoms with Crippen LogP contribution in [0.4, 0.5) is 13.2 Å². The van der Waals surface area contributed by atoms with Crippen molar-refractivity contribution in [2.24, 2.45) is 0 Å². The Bertz CT molecular complexity index is 213. The van der Waals surface area contributed by atoms with Crippen LogP contribution < -0.4 is 5.32 Å². The third-order valence-electron chi connectivity index (χ3n) is 2.14. The Balaban J connectivity index is 2.29. The van der Waals surface area contributed by atoms with Gasteiger partial charge in [-0.25, -0.2) is 0 Å². The lowest BCUT2D eigenvalue weighted by molar-refractivity contribution is -0.211. The number of nitrogens with one attached hydrogen (secondary N) is 1. The Morgan fingerprint density at radius 2 is 2.29 bits per heavy atom. The Morgan fingerprint density at radius 3 is 2.79 bits per heavy atom. The number of hydrogen-bond acceptors (Lipinski definition) is 2. The summed E-state index contributed by atoms with van der Waals surface area (Å²) in [6, 6.07) is 0. The maximum Gasteiger partial charge on any atom is 0.414 e. The average Bonchev–Trinajstić information content (AvgIpc) is 2.14. The van der Waals surface area contributed by atoms with Gasteiger partial charge in [0.15, 0.2) is 6.10 Å². The zero-order valence-electron chi connectivity index (χ0n) is 8.03. The molecule has 0 aromatic heterocycles. The Hall–Kier alpha value is -0.550. The molecule has 1 N–H and O–H groups in total. The van der Waals surface area contributed by atoms with Crippen molar-refractivity contribution in [3.63, 3.8) is 0 Å². The van der Waals surface area contributed by atoms with Crippen molar-refractivity contribution in [1.29, 1.82) is 0 Å². The van der Waals surface area contributed by atoms with Crippen molar-refractivity contribution in [3.05, 3.63) is 11.6 Å². The zero-order chi connectivity index (χ0) is 10.6. The first-order valence-electron chi connectivity index (χ1n) is 4.57. The number of ether oxygens (including phenoxy) is 1. The number of halogens is 3. The highest BCUT2D eigenvalue weighted by atomic mass is 19.4. The van der Waals surface area contributed by atoms with Crippen LogP contribution in [0.15, 0.2) is 11.6 Å². The molecular formula is C9H14F3NO. The molecule has 2 nitrogen and oxygen atoms in total. The second-order valence-corrected chi connectivity index (χ2v) is 3.31. The molecular weight excluding hydrogens is 195 g/mol. The van der Waals surface area contributed by atoms with Crippen LogP contribution >= 0.6 is 0 Å². The van der Waals surface area contributed by atoms with Crippen molar-refractivity contribution in [1.82, 2.24) is 5.32 Å². The minimum absolute atomic E-state index is 0.0857. The third kappa shape index (κ3) is 3.67. The minimum atomic E-state index is -4.26. The fourth-order valence-corrected chi connectivity index (χ4v) is 1.13. The Kier molecular flexibility index (Phi) is 3.95. The molecule has 0 amide bonds. The van der Waals surface area contributed by atoms with Gasteiger partial charge in [0.1, 0.15) is 0 Å². The second kappa shape index (κ2) is 4.79. The van der Waals surface area contributed by atoms with E-state index in [1.54, 1.807) is 0 Å². The summed E-state index contributed by atoms with van der Waals surface area (Å²) in [7, 11) is 0. The maximum atomic E-state index is 12.0. The molecule has 1 rings (SSSR count). The van der Waals surface area contributed by atoms with E-state index in [0.29, 0.717) is 0 Å². The normalized spacial score (nSPS) is 20.4. The van der Waals surface area contributed by atoms with Crippen molar-refractivity contribution < 1.29 is 17.9 Å². The fourth-order valence-electron chi connectivity index (χ4n) is 1.13. The molecule has 0 aromatic rings. The summed E-state index contributed by atoms with van der Waals surface area (Å²) in [5.74, 6) is 0. The van der Waals surface area contributed by atoms with E-state index in [4.69, 9.17) is 4.74 Å². The molecule has 0 fully saturated rings. The molecule has 14 heavy (non-hydrogen) atoms. The van der Waals surface area contributed by atoms with Gasteiger partial charge in [-0.1, -0.05) is 6.08 Å². The first-order chi connectivity index (χ1) is 6.50. The van der Waals surface area contributed by atoms with Gasteiger partial charge in [-0.15, -0.1) is 0 Å². The first-order valence-corrected chi connectivity index (χ1v) is 4.57. The van der Waals surface area contributed by atoms with E-state index in [-0.39, 0.29) is 6.61 Å². The second-order valence-electron chi connectivity index (χ2n) is 3.31. The van der Waals surface area contributed by atoms with Gasteiger partial charge in [0.25, 0.3) is 0 Å². The SMILES string of the molecule is CC(OCC1=CCNCC1)C(F)(F)F. The van der Waals surface area contributed by atoms with Crippen LogP contribution in [0.3, 0.4) is 0 Å². The molecule has 0 aromatic carbocycles. The predicted octanol–water partition coefficient (Wildman–Crippen LogP) is 1.87. The van der Waals surface area contributed by atoms with E-state index >= 15 is 0 Å². The summed E-state index contributed by atoms with van der Waals surface area (Å²) >= 11 is 0. The number of hydrogen-bond donors (Lipinski definition) is 1. The molecule has 0 radical (unpaired) electrons. The highest BCUT2D eigenvalue weighted by Crippen LogP contribution is 2.23. The van der Waals surface area contributed by atoms with Gasteiger partial charge in [0.05, 0.1) is 6.61 Å². The molecule has 0 saturated heterocycles. The van der Waals surface area contributed by atoms with E-state index in [0.717, 1.165) is 32.0 Å². The molecule has 1 unspecified atom stereocenters. The van der Waals surface area contributed by atoms with Gasteiger partial charge in [-0.3, -0.25) is 0 Å². The van der Waals surface area contributed by atoms with Crippen molar-refractivity contribution in [2.45, 2.75) is 25.6 Å². The fraction of sp³-hybridized carbons (Fsp3) is 0.778. The molecule has 82 valence electrons. The van der Waals surface area contributed by atoms with Crippen LogP contribution in [0.1, 0.15) is 13.3 Å². The lowest BCUT2D eigenvalue weighted by atomic mass is 10.1. The van der Waals surface area contributed by atoms with Gasteiger partial charge >= 0.3 is 6.18 Å². The highest BCUT2D eigenvalue weighted by Gasteiger charge is 2.36. The Morgan fingerprint density at radius 1 is 1.57 bits per heavy atom. The molecule has 1 atom stereocenters. The van der Waals surface area contributed by atoms with Crippen LogP contribution in [-0.2, 0) is 4.74 Å². The summed E-state index contributed by atoms with van der Waals surface area (Å²) in [4.78, 5) is 0. The van der Waals surface area contributed by atoms with E-state index in [1.807, 2.05) is 6.08 Å². The monoisotopic (exact) mass is 209 g/mol. The van der Waals surface area contributed by atoms with E-state index < -0.39 is 12.3 Å². The molecule has 0 saturated carbocycles. The quantitative estimate of drug-likeness (QED) is 0.716. The van der Waals surface area contributed by atoms with Crippen LogP contribution in [0.25, 0.3) is 0 Å². The number of rotatable bonds is 3. The lowest BCUT2D eigenvalue weighted by Crippen LogP contribution is -2.30. The van der Waals surface area contributed by atoms with Crippen LogP contribution in [0.5, 0.6) is 0 Å². The molecule has 0 aliphatic carbocycles. The third-order valence-corrected chi connectivity index (χ3v) is 2.14. The lowest BCUT2D eigenvalue weighted by Gasteiger charge is -2.19. The van der Waals surface area contributed by atoms with Crippen LogP contribution in [0, 0.1) is 0 Å². The van der Waals surface area contributed by atoms with E-state index in [2.05, 4.69) is 5.32 Å². The van der Waals surface area contributed by atoms with E-state index in [9.17, 15) is 13.2 Å². The summed E-state index contributed by atoms with van der Waals surface area (Å²) in [6.07, 6.45) is -3.29. The predicted molar refractivity (Wildman–Crippen MR) is 47.0 cm³/mol.